The fourth-order valence-electron chi connectivity index (χ4n) is 4.55. The summed E-state index contributed by atoms with van der Waals surface area (Å²) >= 11 is 1.20. The first-order valence-electron chi connectivity index (χ1n) is 12.4. The fourth-order valence-corrected chi connectivity index (χ4v) is 8.04. The minimum atomic E-state index is -5.22. The van der Waals surface area contributed by atoms with Crippen molar-refractivity contribution >= 4 is 25.8 Å². The number of ether oxygens (including phenoxy) is 2. The molecule has 2 heterocycles. The zero-order valence-electron chi connectivity index (χ0n) is 21.8. The van der Waals surface area contributed by atoms with E-state index in [-0.39, 0.29) is 36.1 Å². The molecule has 0 bridgehead atoms. The van der Waals surface area contributed by atoms with Gasteiger partial charge in [0.1, 0.15) is 5.82 Å². The summed E-state index contributed by atoms with van der Waals surface area (Å²) in [6.07, 6.45) is 8.19. The first-order chi connectivity index (χ1) is 19.5. The van der Waals surface area contributed by atoms with Crippen molar-refractivity contribution in [1.29, 1.82) is 5.26 Å². The molecule has 9 nitrogen and oxygen atoms in total. The number of benzene rings is 2. The van der Waals surface area contributed by atoms with Crippen molar-refractivity contribution in [3.8, 4) is 6.07 Å². The molecule has 14 heteroatoms. The molecule has 1 aliphatic heterocycles. The van der Waals surface area contributed by atoms with Crippen LogP contribution in [0, 0.1) is 28.8 Å². The van der Waals surface area contributed by atoms with Gasteiger partial charge >= 0.3 is 194 Å². The van der Waals surface area contributed by atoms with Crippen LogP contribution in [0.3, 0.4) is 0 Å². The molecule has 2 atom stereocenters. The Balaban J connectivity index is 1.45. The summed E-state index contributed by atoms with van der Waals surface area (Å²) in [5, 5.41) is 9.66. The van der Waals surface area contributed by atoms with Crippen LogP contribution in [0.4, 0.5) is 13.2 Å². The Morgan fingerprint density at radius 2 is 1.90 bits per heavy atom. The van der Waals surface area contributed by atoms with Crippen LogP contribution in [0.1, 0.15) is 23.6 Å². The van der Waals surface area contributed by atoms with Crippen molar-refractivity contribution in [1.82, 2.24) is 14.8 Å². The molecule has 0 spiro atoms. The SMILES string of the molecule is C[C@@H](S[C@H]1CO[C@H](C=CC=Cc2ccc(C#N)cc2F)OC1)[C@](Cn1cncn1)(c1ccc(F)cc1F)[PH](O)(O)O. The van der Waals surface area contributed by atoms with Crippen molar-refractivity contribution in [3.05, 3.63) is 101 Å². The molecule has 218 valence electrons. The minimum absolute atomic E-state index is 0.181. The number of hydrogen-bond donors (Lipinski definition) is 3. The maximum atomic E-state index is 15.1. The Hall–Kier alpha value is -3.08. The summed E-state index contributed by atoms with van der Waals surface area (Å²) in [5.74, 6) is -2.41. The molecule has 0 aliphatic carbocycles. The summed E-state index contributed by atoms with van der Waals surface area (Å²) in [5.41, 5.74) is 0.273. The van der Waals surface area contributed by atoms with Crippen LogP contribution in [0.2, 0.25) is 0 Å². The molecule has 3 aromatic rings. The van der Waals surface area contributed by atoms with Crippen molar-refractivity contribution in [2.75, 3.05) is 13.2 Å². The molecule has 0 saturated carbocycles. The monoisotopic (exact) mass is 608 g/mol. The molecular weight excluding hydrogens is 580 g/mol. The second-order valence-corrected chi connectivity index (χ2v) is 13.2. The number of nitriles is 1. The molecule has 4 rings (SSSR count). The number of allylic oxidation sites excluding steroid dienone is 2. The van der Waals surface area contributed by atoms with E-state index in [2.05, 4.69) is 10.1 Å². The van der Waals surface area contributed by atoms with Gasteiger partial charge in [0.2, 0.25) is 0 Å². The third kappa shape index (κ3) is 7.23. The average molecular weight is 609 g/mol. The molecule has 2 aromatic carbocycles. The summed E-state index contributed by atoms with van der Waals surface area (Å²) in [6.45, 7) is 1.62. The first kappa shape index (κ1) is 30.9. The first-order valence-corrected chi connectivity index (χ1v) is 15.2. The van der Waals surface area contributed by atoms with E-state index in [9.17, 15) is 23.5 Å². The normalized spacial score (nSPS) is 20.6. The molecule has 0 radical (unpaired) electrons. The van der Waals surface area contributed by atoms with Crippen molar-refractivity contribution in [2.45, 2.75) is 35.4 Å². The van der Waals surface area contributed by atoms with Gasteiger partial charge in [-0.05, 0) is 12.1 Å². The van der Waals surface area contributed by atoms with Gasteiger partial charge in [-0.3, -0.25) is 0 Å². The molecule has 0 amide bonds. The average Bonchev–Trinajstić information content (AvgIpc) is 3.44. The number of rotatable bonds is 10. The van der Waals surface area contributed by atoms with Crippen LogP contribution < -0.4 is 0 Å². The van der Waals surface area contributed by atoms with Crippen LogP contribution in [0.15, 0.2) is 67.3 Å². The zero-order chi connectivity index (χ0) is 29.6. The quantitative estimate of drug-likeness (QED) is 0.230. The Kier molecular flexibility index (Phi) is 9.99. The molecule has 3 N–H and O–H groups in total. The topological polar surface area (TPSA) is 134 Å². The van der Waals surface area contributed by atoms with Crippen LogP contribution >= 0.6 is 19.7 Å². The van der Waals surface area contributed by atoms with E-state index in [1.54, 1.807) is 25.2 Å². The summed E-state index contributed by atoms with van der Waals surface area (Å²) in [7, 11) is -5.22. The van der Waals surface area contributed by atoms with Gasteiger partial charge in [0.05, 0.1) is 11.6 Å². The van der Waals surface area contributed by atoms with Gasteiger partial charge in [0.15, 0.2) is 0 Å². The predicted molar refractivity (Wildman–Crippen MR) is 149 cm³/mol. The molecule has 41 heavy (non-hydrogen) atoms. The van der Waals surface area contributed by atoms with E-state index in [1.165, 1.54) is 47.3 Å². The predicted octanol–water partition coefficient (Wildman–Crippen LogP) is 4.07. The zero-order valence-corrected chi connectivity index (χ0v) is 23.6. The Labute approximate surface area is 239 Å². The van der Waals surface area contributed by atoms with Crippen molar-refractivity contribution in [2.24, 2.45) is 0 Å². The maximum absolute atomic E-state index is 15.1. The summed E-state index contributed by atoms with van der Waals surface area (Å²) < 4.78 is 55.6. The number of hydrogen-bond acceptors (Lipinski definition) is 9. The number of aromatic nitrogens is 3. The third-order valence-corrected chi connectivity index (χ3v) is 10.4. The standard InChI is InChI=1S/C27H28F3N4O5PS/c1-18(27(40(35,36)37,15-34-17-32-16-33-34)23-9-8-21(28)11-25(23)30)41-22-13-38-26(39-14-22)5-3-2-4-20-7-6-19(12-31)10-24(20)29/h2-11,16-18,22,26,35-37,40H,13-15H2,1H3/t18-,22-,26-,27-/m1/s1. The second-order valence-electron chi connectivity index (χ2n) is 9.35. The Morgan fingerprint density at radius 1 is 1.15 bits per heavy atom. The summed E-state index contributed by atoms with van der Waals surface area (Å²) in [6, 6.07) is 8.74. The third-order valence-electron chi connectivity index (χ3n) is 6.66. The molecule has 1 fully saturated rings. The van der Waals surface area contributed by atoms with E-state index in [4.69, 9.17) is 14.7 Å². The number of halogens is 3. The summed E-state index contributed by atoms with van der Waals surface area (Å²) in [4.78, 5) is 36.1. The van der Waals surface area contributed by atoms with E-state index in [1.807, 2.05) is 6.07 Å². The molecule has 1 aromatic heterocycles. The van der Waals surface area contributed by atoms with Crippen molar-refractivity contribution < 1.29 is 37.3 Å². The molecule has 1 aliphatic rings. The van der Waals surface area contributed by atoms with Crippen LogP contribution in [0.5, 0.6) is 0 Å². The second kappa shape index (κ2) is 13.3. The molecule has 0 unspecified atom stereocenters. The van der Waals surface area contributed by atoms with Gasteiger partial charge in [0.25, 0.3) is 0 Å². The van der Waals surface area contributed by atoms with Gasteiger partial charge in [0, 0.05) is 0 Å². The van der Waals surface area contributed by atoms with Gasteiger partial charge in [-0.25, -0.2) is 4.39 Å². The van der Waals surface area contributed by atoms with Gasteiger partial charge < -0.3 is 0 Å². The molecular formula is C27H28F3N4O5PS. The van der Waals surface area contributed by atoms with E-state index >= 15 is 4.39 Å². The van der Waals surface area contributed by atoms with E-state index in [0.717, 1.165) is 18.2 Å². The fraction of sp³-hybridized carbons (Fsp3) is 0.296. The molecule has 1 saturated heterocycles. The van der Waals surface area contributed by atoms with E-state index in [0.29, 0.717) is 11.6 Å². The van der Waals surface area contributed by atoms with Gasteiger partial charge in [-0.1, -0.05) is 6.07 Å². The van der Waals surface area contributed by atoms with Crippen LogP contribution in [-0.4, -0.2) is 59.4 Å². The van der Waals surface area contributed by atoms with Crippen LogP contribution in [0.25, 0.3) is 6.08 Å². The van der Waals surface area contributed by atoms with Crippen molar-refractivity contribution in [3.63, 3.8) is 0 Å². The van der Waals surface area contributed by atoms with Crippen LogP contribution in [-0.2, 0) is 21.2 Å². The van der Waals surface area contributed by atoms with Gasteiger partial charge in [-0.2, -0.15) is 5.26 Å². The Bertz CT molecular complexity index is 1440. The van der Waals surface area contributed by atoms with E-state index < -0.39 is 42.1 Å². The number of thioether (sulfide) groups is 1. The Morgan fingerprint density at radius 3 is 2.51 bits per heavy atom. The number of nitrogens with zero attached hydrogens (tertiary/aromatic N) is 4. The van der Waals surface area contributed by atoms with Gasteiger partial charge in [-0.15, -0.1) is 0 Å².